The highest BCUT2D eigenvalue weighted by molar-refractivity contribution is 6.09. The molecule has 1 atom stereocenters. The highest BCUT2D eigenvalue weighted by Gasteiger charge is 2.32. The molecule has 1 aliphatic rings. The summed E-state index contributed by atoms with van der Waals surface area (Å²) in [5.74, 6) is -2.50. The average molecular weight is 491 g/mol. The number of rotatable bonds is 7. The SMILES string of the molecule is NC1(c2cccc(C(=O)c3ccccc3)c2)N=CC(F)=C(Nc2cccc(C(=O)c3ccccc3)c2)N1. The predicted molar refractivity (Wildman–Crippen MR) is 142 cm³/mol. The predicted octanol–water partition coefficient (Wildman–Crippen LogP) is 5.14. The number of anilines is 1. The van der Waals surface area contributed by atoms with E-state index in [1.807, 2.05) is 12.1 Å². The first kappa shape index (κ1) is 23.8. The second kappa shape index (κ2) is 10.0. The number of hydrogen-bond acceptors (Lipinski definition) is 6. The average Bonchev–Trinajstić information content (AvgIpc) is 2.95. The Morgan fingerprint density at radius 3 is 1.89 bits per heavy atom. The van der Waals surface area contributed by atoms with Crippen LogP contribution in [0.5, 0.6) is 0 Å². The van der Waals surface area contributed by atoms with Crippen molar-refractivity contribution in [3.63, 3.8) is 0 Å². The third-order valence-electron chi connectivity index (χ3n) is 5.97. The molecule has 37 heavy (non-hydrogen) atoms. The summed E-state index contributed by atoms with van der Waals surface area (Å²) in [6, 6.07) is 31.3. The molecule has 182 valence electrons. The Morgan fingerprint density at radius 1 is 0.730 bits per heavy atom. The summed E-state index contributed by atoms with van der Waals surface area (Å²) in [7, 11) is 0. The lowest BCUT2D eigenvalue weighted by molar-refractivity contribution is 0.103. The molecule has 1 heterocycles. The largest absolute Gasteiger partial charge is 0.339 e. The molecular weight excluding hydrogens is 467 g/mol. The van der Waals surface area contributed by atoms with Crippen LogP contribution in [0.2, 0.25) is 0 Å². The van der Waals surface area contributed by atoms with Gasteiger partial charge in [-0.1, -0.05) is 91.0 Å². The van der Waals surface area contributed by atoms with E-state index in [9.17, 15) is 14.0 Å². The molecule has 7 heteroatoms. The first-order valence-corrected chi connectivity index (χ1v) is 11.6. The van der Waals surface area contributed by atoms with E-state index in [-0.39, 0.29) is 17.4 Å². The Morgan fingerprint density at radius 2 is 1.27 bits per heavy atom. The number of nitrogens with two attached hydrogens (primary N) is 1. The molecule has 0 bridgehead atoms. The van der Waals surface area contributed by atoms with E-state index >= 15 is 0 Å². The van der Waals surface area contributed by atoms with Crippen LogP contribution < -0.4 is 16.4 Å². The molecule has 0 spiro atoms. The highest BCUT2D eigenvalue weighted by Crippen LogP contribution is 2.26. The van der Waals surface area contributed by atoms with Gasteiger partial charge in [0.05, 0.1) is 6.21 Å². The molecule has 0 aromatic heterocycles. The summed E-state index contributed by atoms with van der Waals surface area (Å²) in [6.07, 6.45) is 1.03. The van der Waals surface area contributed by atoms with Gasteiger partial charge >= 0.3 is 0 Å². The van der Waals surface area contributed by atoms with E-state index in [1.165, 1.54) is 0 Å². The standard InChI is InChI=1S/C30H23FN4O2/c31-26-19-33-30(32,24-15-7-13-22(17-24)27(36)20-9-3-1-4-10-20)35-29(26)34-25-16-8-14-23(18-25)28(37)21-11-5-2-6-12-21/h1-19,34-35H,32H2. The van der Waals surface area contributed by atoms with Gasteiger partial charge in [0, 0.05) is 33.5 Å². The molecule has 5 rings (SSSR count). The molecule has 6 nitrogen and oxygen atoms in total. The lowest BCUT2D eigenvalue weighted by atomic mass is 9.98. The van der Waals surface area contributed by atoms with Gasteiger partial charge < -0.3 is 10.6 Å². The monoisotopic (exact) mass is 490 g/mol. The van der Waals surface area contributed by atoms with Gasteiger partial charge in [-0.2, -0.15) is 0 Å². The number of ketones is 2. The van der Waals surface area contributed by atoms with E-state index < -0.39 is 11.6 Å². The highest BCUT2D eigenvalue weighted by atomic mass is 19.1. The molecule has 0 amide bonds. The maximum absolute atomic E-state index is 14.8. The zero-order chi connectivity index (χ0) is 25.8. The fourth-order valence-electron chi connectivity index (χ4n) is 4.04. The summed E-state index contributed by atoms with van der Waals surface area (Å²) in [4.78, 5) is 29.9. The van der Waals surface area contributed by atoms with Gasteiger partial charge in [0.2, 0.25) is 5.79 Å². The van der Waals surface area contributed by atoms with Crippen LogP contribution in [-0.2, 0) is 5.79 Å². The van der Waals surface area contributed by atoms with Crippen molar-refractivity contribution in [2.24, 2.45) is 10.7 Å². The maximum Gasteiger partial charge on any atom is 0.210 e. The maximum atomic E-state index is 14.8. The van der Waals surface area contributed by atoms with Gasteiger partial charge in [-0.25, -0.2) is 9.38 Å². The van der Waals surface area contributed by atoms with Gasteiger partial charge in [-0.3, -0.25) is 15.3 Å². The number of nitrogens with zero attached hydrogens (tertiary/aromatic N) is 1. The lowest BCUT2D eigenvalue weighted by Crippen LogP contribution is -2.51. The van der Waals surface area contributed by atoms with Crippen LogP contribution in [0.15, 0.2) is 126 Å². The molecular formula is C30H23FN4O2. The van der Waals surface area contributed by atoms with Crippen LogP contribution >= 0.6 is 0 Å². The van der Waals surface area contributed by atoms with Gasteiger partial charge in [-0.05, 0) is 18.2 Å². The van der Waals surface area contributed by atoms with E-state index in [4.69, 9.17) is 5.73 Å². The molecule has 0 aliphatic carbocycles. The lowest BCUT2D eigenvalue weighted by Gasteiger charge is -2.32. The number of nitrogens with one attached hydrogen (secondary N) is 2. The van der Waals surface area contributed by atoms with Crippen molar-refractivity contribution in [2.75, 3.05) is 5.32 Å². The molecule has 0 saturated carbocycles. The Hall–Kier alpha value is -4.88. The van der Waals surface area contributed by atoms with Crippen LogP contribution in [0.25, 0.3) is 0 Å². The second-order valence-electron chi connectivity index (χ2n) is 8.55. The summed E-state index contributed by atoms with van der Waals surface area (Å²) in [5, 5.41) is 5.88. The summed E-state index contributed by atoms with van der Waals surface area (Å²) >= 11 is 0. The van der Waals surface area contributed by atoms with Crippen LogP contribution in [-0.4, -0.2) is 17.8 Å². The molecule has 4 N–H and O–H groups in total. The van der Waals surface area contributed by atoms with E-state index in [2.05, 4.69) is 15.6 Å². The third-order valence-corrected chi connectivity index (χ3v) is 5.97. The van der Waals surface area contributed by atoms with Gasteiger partial charge in [-0.15, -0.1) is 0 Å². The fraction of sp³-hybridized carbons (Fsp3) is 0.0333. The minimum Gasteiger partial charge on any atom is -0.339 e. The first-order valence-electron chi connectivity index (χ1n) is 11.6. The van der Waals surface area contributed by atoms with Crippen molar-refractivity contribution in [3.8, 4) is 0 Å². The van der Waals surface area contributed by atoms with E-state index in [0.717, 1.165) is 6.21 Å². The number of aliphatic imine (C=N–C) groups is 1. The third kappa shape index (κ3) is 5.07. The normalized spacial score (nSPS) is 16.7. The Balaban J connectivity index is 1.38. The number of halogens is 1. The van der Waals surface area contributed by atoms with Crippen LogP contribution in [0.4, 0.5) is 10.1 Å². The summed E-state index contributed by atoms with van der Waals surface area (Å²) in [5.41, 5.74) is 9.49. The number of allylic oxidation sites excluding steroid dienone is 1. The number of carbonyl (C=O) groups excluding carboxylic acids is 2. The zero-order valence-corrected chi connectivity index (χ0v) is 19.7. The Bertz CT molecular complexity index is 1530. The van der Waals surface area contributed by atoms with Crippen molar-refractivity contribution < 1.29 is 14.0 Å². The molecule has 0 fully saturated rings. The van der Waals surface area contributed by atoms with E-state index in [1.54, 1.807) is 97.1 Å². The number of hydrogen-bond donors (Lipinski definition) is 3. The van der Waals surface area contributed by atoms with Gasteiger partial charge in [0.15, 0.2) is 17.4 Å². The fourth-order valence-corrected chi connectivity index (χ4v) is 4.04. The van der Waals surface area contributed by atoms with Crippen molar-refractivity contribution in [3.05, 3.63) is 149 Å². The van der Waals surface area contributed by atoms with Crippen molar-refractivity contribution >= 4 is 23.5 Å². The summed E-state index contributed by atoms with van der Waals surface area (Å²) in [6.45, 7) is 0. The van der Waals surface area contributed by atoms with Crippen LogP contribution in [0.1, 0.15) is 37.4 Å². The number of carbonyl (C=O) groups is 2. The molecule has 1 unspecified atom stereocenters. The first-order chi connectivity index (χ1) is 17.9. The molecule has 0 saturated heterocycles. The molecule has 4 aromatic carbocycles. The molecule has 4 aromatic rings. The molecule has 0 radical (unpaired) electrons. The second-order valence-corrected chi connectivity index (χ2v) is 8.55. The van der Waals surface area contributed by atoms with Gasteiger partial charge in [0.25, 0.3) is 0 Å². The minimum atomic E-state index is -1.53. The minimum absolute atomic E-state index is 0.0124. The summed E-state index contributed by atoms with van der Waals surface area (Å²) < 4.78 is 14.8. The Labute approximate surface area is 213 Å². The van der Waals surface area contributed by atoms with Crippen molar-refractivity contribution in [2.45, 2.75) is 5.79 Å². The zero-order valence-electron chi connectivity index (χ0n) is 19.7. The van der Waals surface area contributed by atoms with Crippen molar-refractivity contribution in [1.82, 2.24) is 5.32 Å². The molecule has 1 aliphatic heterocycles. The van der Waals surface area contributed by atoms with Gasteiger partial charge in [0.1, 0.15) is 5.82 Å². The number of benzene rings is 4. The van der Waals surface area contributed by atoms with E-state index in [0.29, 0.717) is 33.5 Å². The van der Waals surface area contributed by atoms with Crippen molar-refractivity contribution in [1.29, 1.82) is 0 Å². The van der Waals surface area contributed by atoms with Crippen LogP contribution in [0.3, 0.4) is 0 Å². The quantitative estimate of drug-likeness (QED) is 0.312. The Kier molecular flexibility index (Phi) is 6.45. The van der Waals surface area contributed by atoms with Crippen LogP contribution in [0, 0.1) is 0 Å². The topological polar surface area (TPSA) is 96.6 Å². The smallest absolute Gasteiger partial charge is 0.210 e.